The van der Waals surface area contributed by atoms with Crippen LogP contribution in [0.2, 0.25) is 0 Å². The molecule has 2 aromatic rings. The number of carbonyl (C=O) groups excluding carboxylic acids is 2. The standard InChI is InChI=1S/C30H39N3O3S/c1-17-14-20-21-8-6-18(15-25(34)32-28-31-23-9-7-19(36-5)16-24(23)37-28)29(21,2)12-10-22(20)30(3)13-11-26(35)33(4)27(17)30/h7,9,16,18,20-22H,6,8,10-15H2,1-5H3,(H,31,32,34)/t18-,20?,21+,22?,29-,30-/m1/s1. The quantitative estimate of drug-likeness (QED) is 0.490. The number of carbonyl (C=O) groups is 2. The van der Waals surface area contributed by atoms with Gasteiger partial charge in [-0.05, 0) is 92.7 Å². The zero-order valence-corrected chi connectivity index (χ0v) is 23.5. The number of fused-ring (bicyclic) bond motifs is 6. The van der Waals surface area contributed by atoms with Crippen molar-refractivity contribution in [2.45, 2.75) is 72.1 Å². The molecular formula is C30H39N3O3S. The first-order valence-electron chi connectivity index (χ1n) is 13.9. The van der Waals surface area contributed by atoms with Crippen LogP contribution in [0.4, 0.5) is 5.13 Å². The highest BCUT2D eigenvalue weighted by Crippen LogP contribution is 2.67. The lowest BCUT2D eigenvalue weighted by molar-refractivity contribution is -0.136. The van der Waals surface area contributed by atoms with Gasteiger partial charge < -0.3 is 15.0 Å². The van der Waals surface area contributed by atoms with E-state index in [1.807, 2.05) is 30.1 Å². The van der Waals surface area contributed by atoms with Crippen LogP contribution in [0.25, 0.3) is 10.2 Å². The molecule has 1 N–H and O–H groups in total. The molecule has 198 valence electrons. The molecular weight excluding hydrogens is 482 g/mol. The third-order valence-corrected chi connectivity index (χ3v) is 11.7. The van der Waals surface area contributed by atoms with Crippen molar-refractivity contribution >= 4 is 38.5 Å². The highest BCUT2D eigenvalue weighted by atomic mass is 32.1. The number of aromatic nitrogens is 1. The summed E-state index contributed by atoms with van der Waals surface area (Å²) in [5, 5.41) is 3.77. The molecule has 2 heterocycles. The lowest BCUT2D eigenvalue weighted by Crippen LogP contribution is -2.54. The van der Waals surface area contributed by atoms with Gasteiger partial charge in [-0.1, -0.05) is 30.8 Å². The third-order valence-electron chi connectivity index (χ3n) is 10.8. The minimum atomic E-state index is 0.0846. The lowest BCUT2D eigenvalue weighted by Gasteiger charge is -2.59. The Bertz CT molecular complexity index is 1300. The summed E-state index contributed by atoms with van der Waals surface area (Å²) in [7, 11) is 3.64. The number of hydrogen-bond donors (Lipinski definition) is 1. The van der Waals surface area contributed by atoms with Crippen LogP contribution in [0.1, 0.15) is 72.1 Å². The van der Waals surface area contributed by atoms with Crippen molar-refractivity contribution in [3.05, 3.63) is 29.5 Å². The molecule has 1 saturated heterocycles. The molecule has 4 aliphatic rings. The number of piperidine rings is 1. The van der Waals surface area contributed by atoms with Crippen LogP contribution in [0.3, 0.4) is 0 Å². The van der Waals surface area contributed by atoms with Gasteiger partial charge in [-0.15, -0.1) is 0 Å². The van der Waals surface area contributed by atoms with Crippen molar-refractivity contribution in [3.8, 4) is 5.75 Å². The molecule has 2 amide bonds. The Morgan fingerprint density at radius 2 is 2.03 bits per heavy atom. The van der Waals surface area contributed by atoms with Gasteiger partial charge in [0, 0.05) is 31.0 Å². The number of methoxy groups -OCH3 is 1. The molecule has 7 heteroatoms. The number of hydrogen-bond acceptors (Lipinski definition) is 5. The van der Waals surface area contributed by atoms with Crippen LogP contribution < -0.4 is 10.1 Å². The molecule has 2 unspecified atom stereocenters. The Kier molecular flexibility index (Phi) is 5.94. The molecule has 3 aliphatic carbocycles. The fraction of sp³-hybridized carbons (Fsp3) is 0.633. The summed E-state index contributed by atoms with van der Waals surface area (Å²) in [4.78, 5) is 32.3. The van der Waals surface area contributed by atoms with E-state index in [9.17, 15) is 9.59 Å². The Balaban J connectivity index is 1.18. The lowest BCUT2D eigenvalue weighted by atomic mass is 9.48. The molecule has 0 spiro atoms. The maximum atomic E-state index is 13.2. The molecule has 6 atom stereocenters. The summed E-state index contributed by atoms with van der Waals surface area (Å²) in [5.74, 6) is 3.49. The van der Waals surface area contributed by atoms with Gasteiger partial charge in [0.15, 0.2) is 5.13 Å². The van der Waals surface area contributed by atoms with Gasteiger partial charge in [-0.25, -0.2) is 4.98 Å². The Hall–Kier alpha value is -2.41. The zero-order valence-electron chi connectivity index (χ0n) is 22.7. The molecule has 2 saturated carbocycles. The van der Waals surface area contributed by atoms with Crippen molar-refractivity contribution < 1.29 is 14.3 Å². The van der Waals surface area contributed by atoms with E-state index in [1.54, 1.807) is 7.11 Å². The second-order valence-electron chi connectivity index (χ2n) is 12.5. The SMILES string of the molecule is COc1ccc2nc(NC(=O)C[C@H]3CC[C@H]4C5CC(C)=C6N(C)C(=O)CC[C@]6(C)C5CC[C@]34C)sc2c1. The summed E-state index contributed by atoms with van der Waals surface area (Å²) in [5.41, 5.74) is 3.91. The molecule has 6 nitrogen and oxygen atoms in total. The van der Waals surface area contributed by atoms with E-state index in [-0.39, 0.29) is 22.6 Å². The maximum absolute atomic E-state index is 13.2. The maximum Gasteiger partial charge on any atom is 0.226 e. The smallest absolute Gasteiger partial charge is 0.226 e. The summed E-state index contributed by atoms with van der Waals surface area (Å²) in [6.45, 7) is 7.16. The number of anilines is 1. The van der Waals surface area contributed by atoms with Crippen LogP contribution in [0.15, 0.2) is 29.5 Å². The molecule has 1 aliphatic heterocycles. The largest absolute Gasteiger partial charge is 0.497 e. The van der Waals surface area contributed by atoms with Gasteiger partial charge in [0.1, 0.15) is 5.75 Å². The Morgan fingerprint density at radius 3 is 2.81 bits per heavy atom. The van der Waals surface area contributed by atoms with Crippen LogP contribution in [0.5, 0.6) is 5.75 Å². The van der Waals surface area contributed by atoms with Crippen molar-refractivity contribution in [3.63, 3.8) is 0 Å². The monoisotopic (exact) mass is 521 g/mol. The zero-order chi connectivity index (χ0) is 26.1. The number of nitrogens with one attached hydrogen (secondary N) is 1. The van der Waals surface area contributed by atoms with Crippen molar-refractivity contribution in [2.75, 3.05) is 19.5 Å². The molecule has 1 aromatic heterocycles. The second kappa shape index (κ2) is 8.82. The van der Waals surface area contributed by atoms with Gasteiger partial charge in [0.25, 0.3) is 0 Å². The van der Waals surface area contributed by atoms with Crippen molar-refractivity contribution in [1.82, 2.24) is 9.88 Å². The third kappa shape index (κ3) is 3.83. The number of likely N-dealkylation sites (tertiary alicyclic amines) is 1. The molecule has 0 radical (unpaired) electrons. The van der Waals surface area contributed by atoms with Gasteiger partial charge in [0.2, 0.25) is 11.8 Å². The molecule has 3 fully saturated rings. The van der Waals surface area contributed by atoms with E-state index in [0.29, 0.717) is 41.6 Å². The van der Waals surface area contributed by atoms with E-state index >= 15 is 0 Å². The average Bonchev–Trinajstić information content (AvgIpc) is 3.41. The number of rotatable bonds is 4. The number of amides is 2. The van der Waals surface area contributed by atoms with Crippen LogP contribution in [-0.2, 0) is 9.59 Å². The van der Waals surface area contributed by atoms with Gasteiger partial charge in [0.05, 0.1) is 17.3 Å². The number of nitrogens with zero attached hydrogens (tertiary/aromatic N) is 2. The number of ether oxygens (including phenoxy) is 1. The van der Waals surface area contributed by atoms with Gasteiger partial charge >= 0.3 is 0 Å². The van der Waals surface area contributed by atoms with E-state index in [1.165, 1.54) is 41.9 Å². The van der Waals surface area contributed by atoms with E-state index in [4.69, 9.17) is 4.74 Å². The highest BCUT2D eigenvalue weighted by molar-refractivity contribution is 7.22. The fourth-order valence-corrected chi connectivity index (χ4v) is 9.94. The van der Waals surface area contributed by atoms with Crippen LogP contribution in [-0.4, -0.2) is 35.9 Å². The van der Waals surface area contributed by atoms with Crippen molar-refractivity contribution in [1.29, 1.82) is 0 Å². The number of benzene rings is 1. The van der Waals surface area contributed by atoms with Crippen LogP contribution >= 0.6 is 11.3 Å². The number of allylic oxidation sites excluding steroid dienone is 2. The molecule has 0 bridgehead atoms. The normalized spacial score (nSPS) is 35.3. The Labute approximate surface area is 223 Å². The second-order valence-corrected chi connectivity index (χ2v) is 13.5. The summed E-state index contributed by atoms with van der Waals surface area (Å²) in [6.07, 6.45) is 8.02. The van der Waals surface area contributed by atoms with E-state index < -0.39 is 0 Å². The van der Waals surface area contributed by atoms with Gasteiger partial charge in [-0.2, -0.15) is 0 Å². The number of thiazole rings is 1. The molecule has 1 aromatic carbocycles. The van der Waals surface area contributed by atoms with E-state index in [0.717, 1.165) is 35.2 Å². The summed E-state index contributed by atoms with van der Waals surface area (Å²) < 4.78 is 6.34. The van der Waals surface area contributed by atoms with Gasteiger partial charge in [-0.3, -0.25) is 9.59 Å². The van der Waals surface area contributed by atoms with E-state index in [2.05, 4.69) is 31.1 Å². The first kappa shape index (κ1) is 24.9. The first-order valence-corrected chi connectivity index (χ1v) is 14.7. The Morgan fingerprint density at radius 1 is 1.22 bits per heavy atom. The fourth-order valence-electron chi connectivity index (χ4n) is 9.03. The highest BCUT2D eigenvalue weighted by Gasteiger charge is 2.60. The molecule has 6 rings (SSSR count). The summed E-state index contributed by atoms with van der Waals surface area (Å²) >= 11 is 1.50. The van der Waals surface area contributed by atoms with Crippen molar-refractivity contribution in [2.24, 2.45) is 34.5 Å². The minimum absolute atomic E-state index is 0.0846. The molecule has 37 heavy (non-hydrogen) atoms. The predicted molar refractivity (Wildman–Crippen MR) is 147 cm³/mol. The topological polar surface area (TPSA) is 71.5 Å². The first-order chi connectivity index (χ1) is 17.6. The van der Waals surface area contributed by atoms with Crippen LogP contribution in [0, 0.1) is 34.5 Å². The predicted octanol–water partition coefficient (Wildman–Crippen LogP) is 6.63. The average molecular weight is 522 g/mol. The minimum Gasteiger partial charge on any atom is -0.497 e. The summed E-state index contributed by atoms with van der Waals surface area (Å²) in [6, 6.07) is 5.81.